The van der Waals surface area contributed by atoms with Gasteiger partial charge in [-0.25, -0.2) is 0 Å². The number of non-ortho nitro benzene ring substituents is 1. The van der Waals surface area contributed by atoms with Crippen molar-refractivity contribution < 1.29 is 24.0 Å². The Kier molecular flexibility index (Phi) is 6.63. The van der Waals surface area contributed by atoms with Crippen molar-refractivity contribution in [1.82, 2.24) is 10.9 Å². The third kappa shape index (κ3) is 5.02. The Hall–Kier alpha value is -3.46. The fourth-order valence-corrected chi connectivity index (χ4v) is 2.03. The first-order valence-electron chi connectivity index (χ1n) is 7.59. The lowest BCUT2D eigenvalue weighted by Crippen LogP contribution is -2.41. The van der Waals surface area contributed by atoms with E-state index in [9.17, 15) is 19.7 Å². The molecule has 0 radical (unpaired) electrons. The summed E-state index contributed by atoms with van der Waals surface area (Å²) in [4.78, 5) is 34.5. The molecule has 2 rings (SSSR count). The Morgan fingerprint density at radius 3 is 2.50 bits per heavy atom. The van der Waals surface area contributed by atoms with Crippen LogP contribution in [-0.4, -0.2) is 37.1 Å². The summed E-state index contributed by atoms with van der Waals surface area (Å²) in [5.41, 5.74) is 4.52. The van der Waals surface area contributed by atoms with Gasteiger partial charge >= 0.3 is 0 Å². The Morgan fingerprint density at radius 2 is 1.77 bits per heavy atom. The summed E-state index contributed by atoms with van der Waals surface area (Å²) in [7, 11) is 1.53. The molecule has 0 bridgehead atoms. The molecule has 0 aromatic heterocycles. The van der Waals surface area contributed by atoms with E-state index in [0.29, 0.717) is 12.4 Å². The molecule has 0 heterocycles. The molecule has 0 aliphatic rings. The summed E-state index contributed by atoms with van der Waals surface area (Å²) in [5, 5.41) is 10.8. The number of nitrogens with zero attached hydrogens (tertiary/aromatic N) is 1. The maximum Gasteiger partial charge on any atom is 0.273 e. The highest BCUT2D eigenvalue weighted by atomic mass is 16.6. The standard InChI is InChI=1S/C17H17N3O6/c1-25-9-10-26-15-8-3-2-7-14(15)17(22)19-18-16(21)12-5-4-6-13(11-12)20(23)24/h2-8,11H,9-10H2,1H3,(H,18,21)(H,19,22). The van der Waals surface area contributed by atoms with Crippen LogP contribution in [0.1, 0.15) is 20.7 Å². The van der Waals surface area contributed by atoms with Crippen molar-refractivity contribution in [1.29, 1.82) is 0 Å². The minimum absolute atomic E-state index is 0.0455. The van der Waals surface area contributed by atoms with Gasteiger partial charge in [-0.3, -0.25) is 30.6 Å². The summed E-state index contributed by atoms with van der Waals surface area (Å²) in [6.07, 6.45) is 0. The third-order valence-electron chi connectivity index (χ3n) is 3.29. The number of hydrogen-bond acceptors (Lipinski definition) is 6. The summed E-state index contributed by atoms with van der Waals surface area (Å²) in [5.74, 6) is -0.928. The highest BCUT2D eigenvalue weighted by Crippen LogP contribution is 2.17. The van der Waals surface area contributed by atoms with Crippen LogP contribution in [0.5, 0.6) is 5.75 Å². The number of ether oxygens (including phenoxy) is 2. The number of nitro benzene ring substituents is 1. The number of carbonyl (C=O) groups is 2. The molecule has 0 spiro atoms. The Balaban J connectivity index is 2.01. The minimum Gasteiger partial charge on any atom is -0.490 e. The van der Waals surface area contributed by atoms with Gasteiger partial charge in [-0.05, 0) is 18.2 Å². The SMILES string of the molecule is COCCOc1ccccc1C(=O)NNC(=O)c1cccc([N+](=O)[O-])c1. The van der Waals surface area contributed by atoms with E-state index in [2.05, 4.69) is 10.9 Å². The number of hydrogen-bond donors (Lipinski definition) is 2. The van der Waals surface area contributed by atoms with Crippen molar-refractivity contribution in [3.05, 3.63) is 69.8 Å². The van der Waals surface area contributed by atoms with Crippen molar-refractivity contribution in [3.63, 3.8) is 0 Å². The van der Waals surface area contributed by atoms with Crippen LogP contribution in [-0.2, 0) is 4.74 Å². The number of benzene rings is 2. The molecule has 0 fully saturated rings. The number of methoxy groups -OCH3 is 1. The van der Waals surface area contributed by atoms with Crippen molar-refractivity contribution in [2.75, 3.05) is 20.3 Å². The number of nitrogens with one attached hydrogen (secondary N) is 2. The molecule has 9 nitrogen and oxygen atoms in total. The predicted octanol–water partition coefficient (Wildman–Crippen LogP) is 1.69. The summed E-state index contributed by atoms with van der Waals surface area (Å²) in [6.45, 7) is 0.625. The number of hydrazine groups is 1. The van der Waals surface area contributed by atoms with Crippen LogP contribution in [0.15, 0.2) is 48.5 Å². The van der Waals surface area contributed by atoms with E-state index in [4.69, 9.17) is 9.47 Å². The van der Waals surface area contributed by atoms with Gasteiger partial charge in [0.1, 0.15) is 12.4 Å². The molecular formula is C17H17N3O6. The Labute approximate surface area is 149 Å². The zero-order chi connectivity index (χ0) is 18.9. The van der Waals surface area contributed by atoms with Crippen LogP contribution >= 0.6 is 0 Å². The molecule has 2 N–H and O–H groups in total. The van der Waals surface area contributed by atoms with E-state index in [1.54, 1.807) is 18.2 Å². The van der Waals surface area contributed by atoms with Crippen molar-refractivity contribution in [3.8, 4) is 5.75 Å². The van der Waals surface area contributed by atoms with Crippen LogP contribution < -0.4 is 15.6 Å². The van der Waals surface area contributed by atoms with Gasteiger partial charge in [-0.1, -0.05) is 18.2 Å². The first-order valence-corrected chi connectivity index (χ1v) is 7.59. The molecule has 2 aromatic carbocycles. The predicted molar refractivity (Wildman–Crippen MR) is 91.8 cm³/mol. The molecule has 26 heavy (non-hydrogen) atoms. The van der Waals surface area contributed by atoms with Gasteiger partial charge in [0, 0.05) is 24.8 Å². The fraction of sp³-hybridized carbons (Fsp3) is 0.176. The Morgan fingerprint density at radius 1 is 1.04 bits per heavy atom. The first kappa shape index (κ1) is 18.9. The topological polar surface area (TPSA) is 120 Å². The lowest BCUT2D eigenvalue weighted by atomic mass is 10.2. The van der Waals surface area contributed by atoms with Gasteiger partial charge in [0.25, 0.3) is 17.5 Å². The summed E-state index contributed by atoms with van der Waals surface area (Å²) >= 11 is 0. The average molecular weight is 359 g/mol. The highest BCUT2D eigenvalue weighted by Gasteiger charge is 2.15. The molecule has 0 saturated heterocycles. The zero-order valence-corrected chi connectivity index (χ0v) is 13.9. The normalized spacial score (nSPS) is 10.0. The molecule has 2 amide bonds. The second-order valence-corrected chi connectivity index (χ2v) is 5.05. The maximum absolute atomic E-state index is 12.3. The van der Waals surface area contributed by atoms with Crippen molar-refractivity contribution >= 4 is 17.5 Å². The molecule has 2 aromatic rings. The number of nitro groups is 1. The van der Waals surface area contributed by atoms with Crippen molar-refractivity contribution in [2.24, 2.45) is 0 Å². The van der Waals surface area contributed by atoms with E-state index < -0.39 is 16.7 Å². The second kappa shape index (κ2) is 9.14. The molecule has 0 saturated carbocycles. The van der Waals surface area contributed by atoms with Crippen LogP contribution in [0.2, 0.25) is 0 Å². The number of carbonyl (C=O) groups excluding carboxylic acids is 2. The Bertz CT molecular complexity index is 809. The lowest BCUT2D eigenvalue weighted by molar-refractivity contribution is -0.384. The van der Waals surface area contributed by atoms with Crippen LogP contribution in [0, 0.1) is 10.1 Å². The lowest BCUT2D eigenvalue weighted by Gasteiger charge is -2.12. The smallest absolute Gasteiger partial charge is 0.273 e. The van der Waals surface area contributed by atoms with E-state index in [1.807, 2.05) is 0 Å². The number of rotatable bonds is 7. The quantitative estimate of drug-likeness (QED) is 0.441. The molecule has 0 atom stereocenters. The summed E-state index contributed by atoms with van der Waals surface area (Å²) < 4.78 is 10.3. The van der Waals surface area contributed by atoms with E-state index in [1.165, 1.54) is 31.4 Å². The molecular weight excluding hydrogens is 342 g/mol. The zero-order valence-electron chi connectivity index (χ0n) is 13.9. The maximum atomic E-state index is 12.3. The average Bonchev–Trinajstić information content (AvgIpc) is 2.66. The van der Waals surface area contributed by atoms with E-state index in [-0.39, 0.29) is 23.4 Å². The van der Waals surface area contributed by atoms with Gasteiger partial charge in [0.05, 0.1) is 17.1 Å². The van der Waals surface area contributed by atoms with Gasteiger partial charge in [-0.15, -0.1) is 0 Å². The minimum atomic E-state index is -0.681. The van der Waals surface area contributed by atoms with Gasteiger partial charge in [-0.2, -0.15) is 0 Å². The second-order valence-electron chi connectivity index (χ2n) is 5.05. The van der Waals surface area contributed by atoms with Gasteiger partial charge < -0.3 is 9.47 Å². The molecule has 0 aliphatic heterocycles. The largest absolute Gasteiger partial charge is 0.490 e. The molecule has 0 aliphatic carbocycles. The van der Waals surface area contributed by atoms with Crippen LogP contribution in [0.4, 0.5) is 5.69 Å². The molecule has 136 valence electrons. The van der Waals surface area contributed by atoms with Crippen LogP contribution in [0.3, 0.4) is 0 Å². The molecule has 9 heteroatoms. The van der Waals surface area contributed by atoms with Gasteiger partial charge in [0.15, 0.2) is 0 Å². The van der Waals surface area contributed by atoms with Gasteiger partial charge in [0.2, 0.25) is 0 Å². The highest BCUT2D eigenvalue weighted by molar-refractivity contribution is 6.00. The fourth-order valence-electron chi connectivity index (χ4n) is 2.03. The van der Waals surface area contributed by atoms with E-state index in [0.717, 1.165) is 6.07 Å². The third-order valence-corrected chi connectivity index (χ3v) is 3.29. The van der Waals surface area contributed by atoms with Crippen LogP contribution in [0.25, 0.3) is 0 Å². The number of amides is 2. The molecule has 0 unspecified atom stereocenters. The number of para-hydroxylation sites is 1. The monoisotopic (exact) mass is 359 g/mol. The first-order chi connectivity index (χ1) is 12.5. The van der Waals surface area contributed by atoms with E-state index >= 15 is 0 Å². The summed E-state index contributed by atoms with van der Waals surface area (Å²) in [6, 6.07) is 11.7. The van der Waals surface area contributed by atoms with Crippen molar-refractivity contribution in [2.45, 2.75) is 0 Å².